The molecule has 0 spiro atoms. The van der Waals surface area contributed by atoms with E-state index in [2.05, 4.69) is 46.1 Å². The van der Waals surface area contributed by atoms with Gasteiger partial charge in [-0.05, 0) is 59.7 Å². The topological polar surface area (TPSA) is 170 Å². The van der Waals surface area contributed by atoms with Crippen LogP contribution in [-0.4, -0.2) is 86.4 Å². The highest BCUT2D eigenvalue weighted by Crippen LogP contribution is 2.40. The summed E-state index contributed by atoms with van der Waals surface area (Å²) >= 11 is 0. The summed E-state index contributed by atoms with van der Waals surface area (Å²) in [5.41, 5.74) is 11.3. The number of hydrogen-bond acceptors (Lipinski definition) is 9. The van der Waals surface area contributed by atoms with E-state index in [0.29, 0.717) is 50.2 Å². The van der Waals surface area contributed by atoms with Gasteiger partial charge in [-0.1, -0.05) is 26.0 Å². The van der Waals surface area contributed by atoms with Crippen LogP contribution in [0.3, 0.4) is 0 Å². The highest BCUT2D eigenvalue weighted by atomic mass is 16.5. The van der Waals surface area contributed by atoms with Crippen LogP contribution in [0.1, 0.15) is 38.7 Å². The zero-order valence-corrected chi connectivity index (χ0v) is 27.0. The Morgan fingerprint density at radius 3 is 2.80 bits per heavy atom. The zero-order valence-electron chi connectivity index (χ0n) is 27.0. The molecule has 1 aromatic rings. The molecule has 0 radical (unpaired) electrons. The standard InChI is InChI=1S/C33H50N8O4/c1-33(2)18-24(30(19-33)38-11-10-36-23-43)6-5-7-25(22-42)28(8-9-34)26-16-29(32(44)40(3)20-26)39-31(35)17-27-21-41(13-12-37-27)14-15-45-4/h5-6,8-9,16-17,20,23,37-38,42H,7,10-15,18-19,21-22,34H2,1-4H3,(H2,35,39)(H,36,43)/b6-5+,9-8-,27-17-,28-25-. The molecule has 45 heavy (non-hydrogen) atoms. The molecule has 12 nitrogen and oxygen atoms in total. The van der Waals surface area contributed by atoms with E-state index in [4.69, 9.17) is 15.9 Å². The lowest BCUT2D eigenvalue weighted by Gasteiger charge is -2.29. The van der Waals surface area contributed by atoms with E-state index in [1.165, 1.54) is 16.3 Å². The fraction of sp³-hybridized carbons (Fsp3) is 0.485. The van der Waals surface area contributed by atoms with Gasteiger partial charge in [0.15, 0.2) is 0 Å². The average Bonchev–Trinajstić information content (AvgIpc) is 3.30. The van der Waals surface area contributed by atoms with Gasteiger partial charge in [-0.15, -0.1) is 0 Å². The smallest absolute Gasteiger partial charge is 0.274 e. The van der Waals surface area contributed by atoms with Crippen LogP contribution in [0.5, 0.6) is 0 Å². The number of pyridine rings is 1. The molecule has 1 aliphatic carbocycles. The van der Waals surface area contributed by atoms with Crippen LogP contribution in [-0.2, 0) is 16.6 Å². The number of anilines is 1. The van der Waals surface area contributed by atoms with Crippen LogP contribution in [0.15, 0.2) is 70.1 Å². The van der Waals surface area contributed by atoms with Gasteiger partial charge in [0.1, 0.15) is 11.5 Å². The first-order chi connectivity index (χ1) is 21.6. The lowest BCUT2D eigenvalue weighted by Crippen LogP contribution is -2.43. The minimum Gasteiger partial charge on any atom is -0.405 e. The largest absolute Gasteiger partial charge is 0.405 e. The zero-order chi connectivity index (χ0) is 32.8. The summed E-state index contributed by atoms with van der Waals surface area (Å²) in [7, 11) is 3.34. The summed E-state index contributed by atoms with van der Waals surface area (Å²) < 4.78 is 6.65. The molecule has 1 aliphatic heterocycles. The molecule has 3 rings (SSSR count). The number of aromatic nitrogens is 1. The number of amides is 1. The summed E-state index contributed by atoms with van der Waals surface area (Å²) in [5.74, 6) is 0.0877. The summed E-state index contributed by atoms with van der Waals surface area (Å²) in [6.45, 7) is 9.23. The number of methoxy groups -OCH3 is 1. The number of carbonyl (C=O) groups excluding carboxylic acids is 1. The molecular weight excluding hydrogens is 572 g/mol. The summed E-state index contributed by atoms with van der Waals surface area (Å²) in [6, 6.07) is 1.70. The SMILES string of the molecule is COCCN1CCN/C(=C\C(=N)Nc2cc(C(/C=C\N)=C(\CO)C/C=C/C3=C(NCCNC=O)CC(C)(C)C3)cn(C)c2=O)C1. The Labute approximate surface area is 266 Å². The molecule has 2 aliphatic rings. The molecule has 246 valence electrons. The summed E-state index contributed by atoms with van der Waals surface area (Å²) in [6.07, 6.45) is 13.7. The van der Waals surface area contributed by atoms with Crippen molar-refractivity contribution in [3.8, 4) is 0 Å². The molecule has 2 heterocycles. The first-order valence-electron chi connectivity index (χ1n) is 15.3. The van der Waals surface area contributed by atoms with Crippen molar-refractivity contribution in [1.29, 1.82) is 5.41 Å². The van der Waals surface area contributed by atoms with E-state index in [1.54, 1.807) is 38.6 Å². The molecular formula is C33H50N8O4. The van der Waals surface area contributed by atoms with Crippen molar-refractivity contribution in [2.75, 3.05) is 64.9 Å². The molecule has 1 aromatic heterocycles. The van der Waals surface area contributed by atoms with Gasteiger partial charge in [0.2, 0.25) is 6.41 Å². The maximum atomic E-state index is 13.0. The number of nitrogens with zero attached hydrogens (tertiary/aromatic N) is 2. The third-order valence-corrected chi connectivity index (χ3v) is 7.79. The summed E-state index contributed by atoms with van der Waals surface area (Å²) in [4.78, 5) is 25.9. The number of piperazine rings is 1. The number of nitrogens with one attached hydrogen (secondary N) is 5. The highest BCUT2D eigenvalue weighted by molar-refractivity contribution is 6.02. The average molecular weight is 623 g/mol. The molecule has 0 saturated carbocycles. The van der Waals surface area contributed by atoms with E-state index in [9.17, 15) is 14.7 Å². The maximum absolute atomic E-state index is 13.0. The van der Waals surface area contributed by atoms with Gasteiger partial charge in [-0.2, -0.15) is 0 Å². The number of aliphatic hydroxyl groups excluding tert-OH is 1. The van der Waals surface area contributed by atoms with Crippen molar-refractivity contribution < 1.29 is 14.6 Å². The van der Waals surface area contributed by atoms with Crippen LogP contribution in [0.4, 0.5) is 5.69 Å². The molecule has 0 aromatic carbocycles. The molecule has 1 fully saturated rings. The first kappa shape index (κ1) is 35.4. The Kier molecular flexibility index (Phi) is 13.7. The second-order valence-electron chi connectivity index (χ2n) is 12.1. The van der Waals surface area contributed by atoms with E-state index in [1.807, 2.05) is 6.08 Å². The van der Waals surface area contributed by atoms with Gasteiger partial charge in [0, 0.05) is 82.7 Å². The number of amidine groups is 1. The third-order valence-electron chi connectivity index (χ3n) is 7.79. The number of nitrogens with two attached hydrogens (primary N) is 1. The number of aliphatic hydroxyl groups is 1. The van der Waals surface area contributed by atoms with Crippen molar-refractivity contribution in [2.24, 2.45) is 18.2 Å². The number of aryl methyl sites for hydroxylation is 1. The molecule has 8 N–H and O–H groups in total. The predicted molar refractivity (Wildman–Crippen MR) is 181 cm³/mol. The van der Waals surface area contributed by atoms with Gasteiger partial charge in [0.25, 0.3) is 5.56 Å². The number of rotatable bonds is 16. The second-order valence-corrected chi connectivity index (χ2v) is 12.1. The Balaban J connectivity index is 1.83. The Morgan fingerprint density at radius 1 is 1.29 bits per heavy atom. The molecule has 0 atom stereocenters. The number of allylic oxidation sites excluding steroid dienone is 6. The van der Waals surface area contributed by atoms with E-state index >= 15 is 0 Å². The van der Waals surface area contributed by atoms with Gasteiger partial charge in [-0.3, -0.25) is 19.9 Å². The van der Waals surface area contributed by atoms with Gasteiger partial charge in [0.05, 0.1) is 13.2 Å². The highest BCUT2D eigenvalue weighted by Gasteiger charge is 2.29. The van der Waals surface area contributed by atoms with Crippen LogP contribution in [0.25, 0.3) is 5.57 Å². The van der Waals surface area contributed by atoms with Crippen LogP contribution < -0.4 is 32.6 Å². The number of ether oxygens (including phenoxy) is 1. The van der Waals surface area contributed by atoms with Crippen molar-refractivity contribution in [2.45, 2.75) is 33.1 Å². The Morgan fingerprint density at radius 2 is 2.09 bits per heavy atom. The third kappa shape index (κ3) is 10.8. The minimum atomic E-state index is -0.277. The fourth-order valence-electron chi connectivity index (χ4n) is 5.64. The van der Waals surface area contributed by atoms with Crippen molar-refractivity contribution in [3.63, 3.8) is 0 Å². The lowest BCUT2D eigenvalue weighted by molar-refractivity contribution is -0.109. The second kappa shape index (κ2) is 17.4. The van der Waals surface area contributed by atoms with Crippen LogP contribution >= 0.6 is 0 Å². The molecule has 0 bridgehead atoms. The molecule has 1 saturated heterocycles. The van der Waals surface area contributed by atoms with Crippen molar-refractivity contribution in [1.82, 2.24) is 25.4 Å². The molecule has 0 unspecified atom stereocenters. The monoisotopic (exact) mass is 622 g/mol. The fourth-order valence-corrected chi connectivity index (χ4v) is 5.64. The van der Waals surface area contributed by atoms with E-state index in [-0.39, 0.29) is 29.1 Å². The first-order valence-corrected chi connectivity index (χ1v) is 15.3. The van der Waals surface area contributed by atoms with Crippen LogP contribution in [0.2, 0.25) is 0 Å². The van der Waals surface area contributed by atoms with Gasteiger partial charge < -0.3 is 41.4 Å². The van der Waals surface area contributed by atoms with Gasteiger partial charge in [-0.25, -0.2) is 0 Å². The Bertz CT molecular complexity index is 1400. The van der Waals surface area contributed by atoms with Crippen molar-refractivity contribution >= 4 is 23.5 Å². The predicted octanol–water partition coefficient (Wildman–Crippen LogP) is 1.78. The molecule has 12 heteroatoms. The normalized spacial score (nSPS) is 18.4. The minimum absolute atomic E-state index is 0.0877. The van der Waals surface area contributed by atoms with Gasteiger partial charge >= 0.3 is 0 Å². The maximum Gasteiger partial charge on any atom is 0.274 e. The molecule has 1 amide bonds. The Hall–Kier alpha value is -4.13. The number of hydrogen-bond donors (Lipinski definition) is 7. The quantitative estimate of drug-likeness (QED) is 0.0478. The van der Waals surface area contributed by atoms with E-state index in [0.717, 1.165) is 49.4 Å². The number of carbonyl (C=O) groups is 1. The lowest BCUT2D eigenvalue weighted by atomic mass is 9.89. The van der Waals surface area contributed by atoms with E-state index < -0.39 is 0 Å². The van der Waals surface area contributed by atoms with Crippen molar-refractivity contribution in [3.05, 3.63) is 81.2 Å². The summed E-state index contributed by atoms with van der Waals surface area (Å²) in [5, 5.41) is 31.4. The van der Waals surface area contributed by atoms with Crippen LogP contribution in [0, 0.1) is 10.8 Å².